The quantitative estimate of drug-likeness (QED) is 0.731. The number of sulfonamides is 1. The zero-order valence-electron chi connectivity index (χ0n) is 6.96. The molecular weight excluding hydrogens is 250 g/mol. The summed E-state index contributed by atoms with van der Waals surface area (Å²) in [6.07, 6.45) is 0.974. The van der Waals surface area contributed by atoms with Crippen LogP contribution in [0.1, 0.15) is 0 Å². The number of sulfone groups is 1. The third-order valence-electron chi connectivity index (χ3n) is 1.31. The normalized spacial score (nSPS) is 13.0. The van der Waals surface area contributed by atoms with E-state index in [-0.39, 0.29) is 8.42 Å². The van der Waals surface area contributed by atoms with E-state index in [0.29, 0.717) is 11.3 Å². The van der Waals surface area contributed by atoms with Gasteiger partial charge in [0.25, 0.3) is 10.0 Å². The summed E-state index contributed by atoms with van der Waals surface area (Å²) in [7, 11) is -7.38. The first kappa shape index (κ1) is 11.6. The molecule has 0 saturated heterocycles. The lowest BCUT2D eigenvalue weighted by Crippen LogP contribution is -2.17. The summed E-state index contributed by atoms with van der Waals surface area (Å²) in [5.41, 5.74) is 0. The van der Waals surface area contributed by atoms with Gasteiger partial charge in [0.2, 0.25) is 0 Å². The summed E-state index contributed by atoms with van der Waals surface area (Å²) in [5, 5.41) is 8.28. The minimum Gasteiger partial charge on any atom is -0.302 e. The minimum atomic E-state index is -3.98. The maximum atomic E-state index is 11.0. The van der Waals surface area contributed by atoms with Gasteiger partial charge in [-0.15, -0.1) is 11.3 Å². The summed E-state index contributed by atoms with van der Waals surface area (Å²) in [6, 6.07) is 2.28. The number of nitrogens with one attached hydrogen (secondary N) is 1. The molecule has 80 valence electrons. The molecular formula is C5H7NO5S3. The van der Waals surface area contributed by atoms with Gasteiger partial charge in [-0.25, -0.2) is 16.8 Å². The number of rotatable bonds is 3. The zero-order chi connectivity index (χ0) is 11.0. The second kappa shape index (κ2) is 3.59. The largest absolute Gasteiger partial charge is 0.302 e. The fraction of sp³-hybridized carbons (Fsp3) is 0.200. The van der Waals surface area contributed by atoms with Crippen molar-refractivity contribution in [3.05, 3.63) is 12.1 Å². The van der Waals surface area contributed by atoms with Crippen LogP contribution in [0.2, 0.25) is 0 Å². The topological polar surface area (TPSA) is 101 Å². The molecule has 0 saturated carbocycles. The van der Waals surface area contributed by atoms with Crippen molar-refractivity contribution >= 4 is 31.2 Å². The molecule has 9 heteroatoms. The third-order valence-corrected chi connectivity index (χ3v) is 5.82. The first-order chi connectivity index (χ1) is 6.27. The molecule has 6 nitrogen and oxygen atoms in total. The molecule has 0 unspecified atom stereocenters. The first-order valence-electron chi connectivity index (χ1n) is 3.23. The molecule has 1 rings (SSSR count). The van der Waals surface area contributed by atoms with E-state index in [2.05, 4.69) is 0 Å². The van der Waals surface area contributed by atoms with E-state index in [1.54, 1.807) is 0 Å². The van der Waals surface area contributed by atoms with Crippen LogP contribution in [0.4, 0.5) is 0 Å². The Balaban J connectivity index is 3.27. The Morgan fingerprint density at radius 2 is 1.71 bits per heavy atom. The summed E-state index contributed by atoms with van der Waals surface area (Å²) >= 11 is 0.573. The lowest BCUT2D eigenvalue weighted by atomic mass is 10.7. The zero-order valence-corrected chi connectivity index (χ0v) is 9.41. The molecule has 0 aliphatic heterocycles. The average molecular weight is 257 g/mol. The highest BCUT2D eigenvalue weighted by Gasteiger charge is 2.18. The molecule has 0 aliphatic rings. The molecule has 0 spiro atoms. The average Bonchev–Trinajstić information content (AvgIpc) is 2.51. The van der Waals surface area contributed by atoms with Crippen LogP contribution < -0.4 is 4.89 Å². The Morgan fingerprint density at radius 1 is 1.21 bits per heavy atom. The van der Waals surface area contributed by atoms with Crippen molar-refractivity contribution in [2.24, 2.45) is 0 Å². The van der Waals surface area contributed by atoms with Crippen molar-refractivity contribution < 1.29 is 22.0 Å². The molecule has 0 fully saturated rings. The molecule has 0 atom stereocenters. The number of hydrogen-bond acceptors (Lipinski definition) is 6. The standard InChI is InChI=1S/C5H7NO5S3/c1-13(8,9)4-2-3-5(12-4)14(10,11)6-7/h2-3,6-7H,1H3. The van der Waals surface area contributed by atoms with E-state index in [9.17, 15) is 16.8 Å². The summed E-state index contributed by atoms with van der Waals surface area (Å²) in [6.45, 7) is 0. The van der Waals surface area contributed by atoms with Gasteiger partial charge in [0, 0.05) is 6.26 Å². The Hall–Kier alpha value is -0.480. The van der Waals surface area contributed by atoms with Crippen molar-refractivity contribution in [2.45, 2.75) is 8.42 Å². The summed E-state index contributed by atoms with van der Waals surface area (Å²) < 4.78 is 43.7. The highest BCUT2D eigenvalue weighted by Crippen LogP contribution is 2.24. The molecule has 1 heterocycles. The molecule has 2 N–H and O–H groups in total. The minimum absolute atomic E-state index is 0.0636. The molecule has 0 radical (unpaired) electrons. The van der Waals surface area contributed by atoms with E-state index in [1.807, 2.05) is 0 Å². The number of hydrogen-bond donors (Lipinski definition) is 2. The van der Waals surface area contributed by atoms with Gasteiger partial charge in [-0.1, -0.05) is 4.89 Å². The van der Waals surface area contributed by atoms with Gasteiger partial charge in [0.15, 0.2) is 9.84 Å². The summed E-state index contributed by atoms with van der Waals surface area (Å²) in [4.78, 5) is 1.11. The Morgan fingerprint density at radius 3 is 2.07 bits per heavy atom. The van der Waals surface area contributed by atoms with Gasteiger partial charge < -0.3 is 5.21 Å². The molecule has 1 aromatic heterocycles. The van der Waals surface area contributed by atoms with Crippen LogP contribution in [0.15, 0.2) is 20.6 Å². The highest BCUT2D eigenvalue weighted by atomic mass is 32.3. The van der Waals surface area contributed by atoms with Gasteiger partial charge >= 0.3 is 0 Å². The van der Waals surface area contributed by atoms with Crippen LogP contribution >= 0.6 is 11.3 Å². The van der Waals surface area contributed by atoms with Crippen LogP contribution in [-0.4, -0.2) is 28.3 Å². The maximum absolute atomic E-state index is 11.0. The Bertz CT molecular complexity index is 525. The fourth-order valence-electron chi connectivity index (χ4n) is 0.692. The van der Waals surface area contributed by atoms with E-state index < -0.39 is 19.9 Å². The summed E-state index contributed by atoms with van der Waals surface area (Å²) in [5.74, 6) is 0. The number of thiophene rings is 1. The highest BCUT2D eigenvalue weighted by molar-refractivity contribution is 7.94. The van der Waals surface area contributed by atoms with Crippen LogP contribution in [0.5, 0.6) is 0 Å². The van der Waals surface area contributed by atoms with Crippen LogP contribution in [0, 0.1) is 0 Å². The van der Waals surface area contributed by atoms with E-state index >= 15 is 0 Å². The van der Waals surface area contributed by atoms with E-state index in [1.165, 1.54) is 6.07 Å². The lowest BCUT2D eigenvalue weighted by molar-refractivity contribution is 0.243. The smallest absolute Gasteiger partial charge is 0.271 e. The molecule has 1 aromatic rings. The molecule has 14 heavy (non-hydrogen) atoms. The van der Waals surface area contributed by atoms with Crippen molar-refractivity contribution in [1.82, 2.24) is 4.89 Å². The van der Waals surface area contributed by atoms with Crippen LogP contribution in [-0.2, 0) is 19.9 Å². The molecule has 0 aliphatic carbocycles. The molecule has 0 aromatic carbocycles. The molecule has 0 bridgehead atoms. The monoisotopic (exact) mass is 257 g/mol. The van der Waals surface area contributed by atoms with Crippen molar-refractivity contribution in [1.29, 1.82) is 0 Å². The second-order valence-corrected chi connectivity index (χ2v) is 7.65. The van der Waals surface area contributed by atoms with E-state index in [4.69, 9.17) is 5.21 Å². The van der Waals surface area contributed by atoms with Crippen molar-refractivity contribution in [3.63, 3.8) is 0 Å². The predicted octanol–water partition coefficient (Wildman–Crippen LogP) is -0.181. The maximum Gasteiger partial charge on any atom is 0.271 e. The Kier molecular flexibility index (Phi) is 2.97. The third kappa shape index (κ3) is 2.30. The SMILES string of the molecule is CS(=O)(=O)c1ccc(S(=O)(=O)NO)s1. The van der Waals surface area contributed by atoms with Crippen LogP contribution in [0.3, 0.4) is 0 Å². The van der Waals surface area contributed by atoms with Crippen molar-refractivity contribution in [2.75, 3.05) is 6.26 Å². The van der Waals surface area contributed by atoms with Gasteiger partial charge in [-0.05, 0) is 12.1 Å². The van der Waals surface area contributed by atoms with Gasteiger partial charge in [0.1, 0.15) is 8.42 Å². The molecule has 0 amide bonds. The van der Waals surface area contributed by atoms with E-state index in [0.717, 1.165) is 17.2 Å². The predicted molar refractivity (Wildman–Crippen MR) is 49.5 cm³/mol. The first-order valence-corrected chi connectivity index (χ1v) is 7.42. The second-order valence-electron chi connectivity index (χ2n) is 2.44. The fourth-order valence-corrected chi connectivity index (χ4v) is 3.67. The Labute approximate surface area is 85.1 Å². The van der Waals surface area contributed by atoms with Gasteiger partial charge in [-0.2, -0.15) is 0 Å². The lowest BCUT2D eigenvalue weighted by Gasteiger charge is -1.94. The van der Waals surface area contributed by atoms with Crippen molar-refractivity contribution in [3.8, 4) is 0 Å². The van der Waals surface area contributed by atoms with Gasteiger partial charge in [0.05, 0.1) is 0 Å². The van der Waals surface area contributed by atoms with Gasteiger partial charge in [-0.3, -0.25) is 0 Å². The van der Waals surface area contributed by atoms with Crippen LogP contribution in [0.25, 0.3) is 0 Å².